The van der Waals surface area contributed by atoms with Crippen LogP contribution in [0, 0.1) is 6.92 Å². The van der Waals surface area contributed by atoms with E-state index in [0.29, 0.717) is 17.6 Å². The molecule has 0 spiro atoms. The summed E-state index contributed by atoms with van der Waals surface area (Å²) in [5, 5.41) is 13.8. The summed E-state index contributed by atoms with van der Waals surface area (Å²) in [6, 6.07) is 11.8. The molecule has 2 N–H and O–H groups in total. The Labute approximate surface area is 162 Å². The van der Waals surface area contributed by atoms with Crippen LogP contribution in [0.25, 0.3) is 11.5 Å². The predicted octanol–water partition coefficient (Wildman–Crippen LogP) is 3.93. The molecule has 1 atom stereocenters. The van der Waals surface area contributed by atoms with Gasteiger partial charge in [0.1, 0.15) is 0 Å². The molecule has 0 aliphatic rings. The van der Waals surface area contributed by atoms with Crippen molar-refractivity contribution in [3.63, 3.8) is 0 Å². The van der Waals surface area contributed by atoms with Crippen molar-refractivity contribution in [3.05, 3.63) is 46.2 Å². The highest BCUT2D eigenvalue weighted by atomic mass is 32.1. The number of rotatable bonds is 6. The molecule has 2 aromatic heterocycles. The van der Waals surface area contributed by atoms with Gasteiger partial charge in [0.05, 0.1) is 0 Å². The number of amides is 2. The van der Waals surface area contributed by atoms with Crippen molar-refractivity contribution in [1.82, 2.24) is 15.5 Å². The van der Waals surface area contributed by atoms with Crippen LogP contribution in [0.4, 0.5) is 16.5 Å². The smallest absolute Gasteiger partial charge is 0.319 e. The first kappa shape index (κ1) is 18.9. The average molecular weight is 385 g/mol. The third kappa shape index (κ3) is 5.07. The summed E-state index contributed by atoms with van der Waals surface area (Å²) in [5.41, 5.74) is 1.49. The number of aromatic nitrogens is 2. The lowest BCUT2D eigenvalue weighted by Gasteiger charge is -2.14. The number of anilines is 2. The molecule has 8 heteroatoms. The zero-order valence-electron chi connectivity index (χ0n) is 15.8. The Morgan fingerprint density at radius 2 is 1.93 bits per heavy atom. The van der Waals surface area contributed by atoms with E-state index in [-0.39, 0.29) is 12.1 Å². The van der Waals surface area contributed by atoms with E-state index in [2.05, 4.69) is 39.9 Å². The van der Waals surface area contributed by atoms with E-state index in [0.717, 1.165) is 12.0 Å². The number of hydrogen-bond acceptors (Lipinski definition) is 6. The molecule has 0 bridgehead atoms. The largest absolute Gasteiger partial charge is 0.403 e. The van der Waals surface area contributed by atoms with Crippen LogP contribution in [-0.2, 0) is 6.42 Å². The van der Waals surface area contributed by atoms with Gasteiger partial charge in [-0.15, -0.1) is 16.4 Å². The van der Waals surface area contributed by atoms with Crippen LogP contribution in [0.2, 0.25) is 0 Å². The monoisotopic (exact) mass is 385 g/mol. The van der Waals surface area contributed by atoms with Crippen molar-refractivity contribution in [2.75, 3.05) is 24.3 Å². The van der Waals surface area contributed by atoms with Crippen LogP contribution < -0.4 is 15.5 Å². The Morgan fingerprint density at radius 1 is 1.19 bits per heavy atom. The van der Waals surface area contributed by atoms with Gasteiger partial charge in [-0.3, -0.25) is 0 Å². The standard InChI is InChI=1S/C19H23N5O2S/c1-12(11-16-10-5-13(2)27-16)20-18(25)21-15-8-6-14(7-9-15)17-22-23-19(26-17)24(3)4/h5-10,12H,11H2,1-4H3,(H2,20,21,25). The quantitative estimate of drug-likeness (QED) is 0.672. The van der Waals surface area contributed by atoms with Crippen molar-refractivity contribution >= 4 is 29.1 Å². The van der Waals surface area contributed by atoms with E-state index in [1.807, 2.05) is 45.3 Å². The van der Waals surface area contributed by atoms with Crippen molar-refractivity contribution < 1.29 is 9.21 Å². The minimum Gasteiger partial charge on any atom is -0.403 e. The summed E-state index contributed by atoms with van der Waals surface area (Å²) in [7, 11) is 3.67. The number of thiophene rings is 1. The fourth-order valence-electron chi connectivity index (χ4n) is 2.55. The summed E-state index contributed by atoms with van der Waals surface area (Å²) < 4.78 is 5.57. The highest BCUT2D eigenvalue weighted by Gasteiger charge is 2.12. The SMILES string of the molecule is Cc1ccc(CC(C)NC(=O)Nc2ccc(-c3nnc(N(C)C)o3)cc2)s1. The zero-order valence-corrected chi connectivity index (χ0v) is 16.6. The van der Waals surface area contributed by atoms with E-state index in [9.17, 15) is 4.79 Å². The lowest BCUT2D eigenvalue weighted by molar-refractivity contribution is 0.249. The summed E-state index contributed by atoms with van der Waals surface area (Å²) in [6.45, 7) is 4.08. The zero-order chi connectivity index (χ0) is 19.4. The van der Waals surface area contributed by atoms with Crippen LogP contribution in [0.1, 0.15) is 16.7 Å². The molecule has 1 aromatic carbocycles. The van der Waals surface area contributed by atoms with Gasteiger partial charge in [-0.05, 0) is 50.2 Å². The molecule has 0 aliphatic carbocycles. The third-order valence-corrected chi connectivity index (χ3v) is 4.89. The van der Waals surface area contributed by atoms with E-state index in [1.54, 1.807) is 16.2 Å². The van der Waals surface area contributed by atoms with Gasteiger partial charge in [0.25, 0.3) is 0 Å². The molecule has 142 valence electrons. The summed E-state index contributed by atoms with van der Waals surface area (Å²) in [6.07, 6.45) is 0.816. The Kier molecular flexibility index (Phi) is 5.75. The first-order valence-corrected chi connectivity index (χ1v) is 9.46. The fourth-order valence-corrected chi connectivity index (χ4v) is 3.57. The first-order chi connectivity index (χ1) is 12.9. The number of hydrogen-bond donors (Lipinski definition) is 2. The normalized spacial score (nSPS) is 11.9. The maximum Gasteiger partial charge on any atom is 0.319 e. The number of urea groups is 1. The molecule has 2 heterocycles. The number of benzene rings is 1. The Hall–Kier alpha value is -2.87. The predicted molar refractivity (Wildman–Crippen MR) is 108 cm³/mol. The van der Waals surface area contributed by atoms with Crippen LogP contribution in [0.5, 0.6) is 0 Å². The molecule has 0 saturated carbocycles. The van der Waals surface area contributed by atoms with Crippen LogP contribution in [-0.4, -0.2) is 36.4 Å². The second-order valence-corrected chi connectivity index (χ2v) is 7.95. The number of carbonyl (C=O) groups is 1. The summed E-state index contributed by atoms with van der Waals surface area (Å²) in [5.74, 6) is 0.439. The number of carbonyl (C=O) groups excluding carboxylic acids is 1. The molecular formula is C19H23N5O2S. The molecule has 0 saturated heterocycles. The Morgan fingerprint density at radius 3 is 2.52 bits per heavy atom. The van der Waals surface area contributed by atoms with Crippen LogP contribution in [0.15, 0.2) is 40.8 Å². The number of aryl methyl sites for hydroxylation is 1. The Balaban J connectivity index is 1.54. The first-order valence-electron chi connectivity index (χ1n) is 8.65. The molecular weight excluding hydrogens is 362 g/mol. The second kappa shape index (κ2) is 8.22. The van der Waals surface area contributed by atoms with Crippen molar-refractivity contribution in [2.24, 2.45) is 0 Å². The van der Waals surface area contributed by atoms with Gasteiger partial charge in [0.2, 0.25) is 5.89 Å². The van der Waals surface area contributed by atoms with E-state index >= 15 is 0 Å². The molecule has 0 fully saturated rings. The third-order valence-electron chi connectivity index (χ3n) is 3.87. The van der Waals surface area contributed by atoms with Gasteiger partial charge in [-0.25, -0.2) is 4.79 Å². The molecule has 0 radical (unpaired) electrons. The molecule has 27 heavy (non-hydrogen) atoms. The lowest BCUT2D eigenvalue weighted by Crippen LogP contribution is -2.37. The maximum absolute atomic E-state index is 12.2. The molecule has 2 amide bonds. The van der Waals surface area contributed by atoms with Gasteiger partial charge < -0.3 is 20.0 Å². The van der Waals surface area contributed by atoms with Crippen LogP contribution >= 0.6 is 11.3 Å². The topological polar surface area (TPSA) is 83.3 Å². The number of nitrogens with one attached hydrogen (secondary N) is 2. The van der Waals surface area contributed by atoms with Crippen molar-refractivity contribution in [3.8, 4) is 11.5 Å². The molecule has 0 aliphatic heterocycles. The Bertz CT molecular complexity index is 901. The molecule has 3 rings (SSSR count). The summed E-state index contributed by atoms with van der Waals surface area (Å²) >= 11 is 1.76. The van der Waals surface area contributed by atoms with Gasteiger partial charge >= 0.3 is 12.0 Å². The maximum atomic E-state index is 12.2. The minimum absolute atomic E-state index is 0.0465. The fraction of sp³-hybridized carbons (Fsp3) is 0.316. The van der Waals surface area contributed by atoms with E-state index in [4.69, 9.17) is 4.42 Å². The van der Waals surface area contributed by atoms with E-state index in [1.165, 1.54) is 9.75 Å². The van der Waals surface area contributed by atoms with Crippen molar-refractivity contribution in [1.29, 1.82) is 0 Å². The van der Waals surface area contributed by atoms with Crippen LogP contribution in [0.3, 0.4) is 0 Å². The minimum atomic E-state index is -0.226. The number of nitrogens with zero attached hydrogens (tertiary/aromatic N) is 3. The van der Waals surface area contributed by atoms with Crippen molar-refractivity contribution in [2.45, 2.75) is 26.3 Å². The second-order valence-electron chi connectivity index (χ2n) is 6.58. The lowest BCUT2D eigenvalue weighted by atomic mass is 10.2. The summed E-state index contributed by atoms with van der Waals surface area (Å²) in [4.78, 5) is 16.5. The molecule has 1 unspecified atom stereocenters. The van der Waals surface area contributed by atoms with E-state index < -0.39 is 0 Å². The molecule has 3 aromatic rings. The van der Waals surface area contributed by atoms with Gasteiger partial charge in [-0.1, -0.05) is 5.10 Å². The highest BCUT2D eigenvalue weighted by molar-refractivity contribution is 7.11. The van der Waals surface area contributed by atoms with Gasteiger partial charge in [0, 0.05) is 47.6 Å². The highest BCUT2D eigenvalue weighted by Crippen LogP contribution is 2.22. The average Bonchev–Trinajstić information content (AvgIpc) is 3.24. The molecule has 7 nitrogen and oxygen atoms in total. The van der Waals surface area contributed by atoms with Gasteiger partial charge in [-0.2, -0.15) is 0 Å². The van der Waals surface area contributed by atoms with Gasteiger partial charge in [0.15, 0.2) is 0 Å².